The molecule has 0 aliphatic rings. The zero-order chi connectivity index (χ0) is 23.0. The first-order valence-corrected chi connectivity index (χ1v) is 11.6. The van der Waals surface area contributed by atoms with Crippen LogP contribution >= 0.6 is 0 Å². The third kappa shape index (κ3) is 5.78. The van der Waals surface area contributed by atoms with Crippen LogP contribution in [0, 0.1) is 0 Å². The highest BCUT2D eigenvalue weighted by Gasteiger charge is 2.16. The van der Waals surface area contributed by atoms with E-state index in [1.165, 1.54) is 5.56 Å². The summed E-state index contributed by atoms with van der Waals surface area (Å²) in [4.78, 5) is 18.1. The Morgan fingerprint density at radius 2 is 1.70 bits per heavy atom. The number of ether oxygens (including phenoxy) is 1. The Hall–Kier alpha value is -3.66. The number of fused-ring (bicyclic) bond motifs is 1. The molecule has 4 rings (SSSR count). The van der Waals surface area contributed by atoms with Crippen molar-refractivity contribution in [2.24, 2.45) is 0 Å². The van der Waals surface area contributed by atoms with Crippen LogP contribution in [0.25, 0.3) is 22.2 Å². The largest absolute Gasteiger partial charge is 0.494 e. The zero-order valence-electron chi connectivity index (χ0n) is 19.3. The number of para-hydroxylation sites is 1. The van der Waals surface area contributed by atoms with Crippen molar-refractivity contribution >= 4 is 16.8 Å². The molecule has 1 unspecified atom stereocenters. The average Bonchev–Trinajstić information content (AvgIpc) is 2.84. The molecule has 0 saturated carbocycles. The minimum atomic E-state index is -0.0854. The Balaban J connectivity index is 1.58. The van der Waals surface area contributed by atoms with Crippen LogP contribution in [0.15, 0.2) is 84.9 Å². The number of pyridine rings is 1. The number of hydrogen-bond donors (Lipinski definition) is 1. The first-order valence-electron chi connectivity index (χ1n) is 11.6. The van der Waals surface area contributed by atoms with E-state index in [-0.39, 0.29) is 11.9 Å². The SMILES string of the molecule is CCCCOc1ccc(-c2cc(C(=O)NC(C)Cc3ccccc3)c3ccccc3n2)cc1. The number of carbonyl (C=O) groups excluding carboxylic acids is 1. The fraction of sp³-hybridized carbons (Fsp3) is 0.241. The van der Waals surface area contributed by atoms with Crippen LogP contribution in [0.2, 0.25) is 0 Å². The van der Waals surface area contributed by atoms with Gasteiger partial charge in [-0.15, -0.1) is 0 Å². The molecule has 1 amide bonds. The summed E-state index contributed by atoms with van der Waals surface area (Å²) in [6.07, 6.45) is 2.92. The van der Waals surface area contributed by atoms with Gasteiger partial charge in [-0.1, -0.05) is 61.9 Å². The van der Waals surface area contributed by atoms with Crippen LogP contribution in [0.1, 0.15) is 42.6 Å². The van der Waals surface area contributed by atoms with Crippen molar-refractivity contribution < 1.29 is 9.53 Å². The summed E-state index contributed by atoms with van der Waals surface area (Å²) in [6.45, 7) is 4.90. The third-order valence-electron chi connectivity index (χ3n) is 5.64. The van der Waals surface area contributed by atoms with Crippen molar-refractivity contribution in [1.82, 2.24) is 10.3 Å². The highest BCUT2D eigenvalue weighted by atomic mass is 16.5. The van der Waals surface area contributed by atoms with Crippen LogP contribution in [-0.4, -0.2) is 23.5 Å². The highest BCUT2D eigenvalue weighted by Crippen LogP contribution is 2.26. The molecule has 4 nitrogen and oxygen atoms in total. The number of unbranched alkanes of at least 4 members (excludes halogenated alkanes) is 1. The maximum Gasteiger partial charge on any atom is 0.252 e. The van der Waals surface area contributed by atoms with Gasteiger partial charge in [0.2, 0.25) is 0 Å². The van der Waals surface area contributed by atoms with Crippen LogP contribution in [0.3, 0.4) is 0 Å². The molecule has 4 aromatic rings. The van der Waals surface area contributed by atoms with E-state index in [0.717, 1.165) is 53.8 Å². The number of rotatable bonds is 9. The van der Waals surface area contributed by atoms with Gasteiger partial charge in [-0.2, -0.15) is 0 Å². The lowest BCUT2D eigenvalue weighted by atomic mass is 10.0. The van der Waals surface area contributed by atoms with Gasteiger partial charge in [-0.3, -0.25) is 4.79 Å². The summed E-state index contributed by atoms with van der Waals surface area (Å²) in [7, 11) is 0. The van der Waals surface area contributed by atoms with Gasteiger partial charge in [-0.05, 0) is 61.7 Å². The molecular weight excluding hydrogens is 408 g/mol. The molecule has 0 spiro atoms. The number of amides is 1. The standard InChI is InChI=1S/C29H30N2O2/c1-3-4-18-33-24-16-14-23(15-17-24)28-20-26(25-12-8-9-13-27(25)31-28)29(32)30-21(2)19-22-10-6-5-7-11-22/h5-17,20-21H,3-4,18-19H2,1-2H3,(H,30,32). The van der Waals surface area contributed by atoms with E-state index in [4.69, 9.17) is 9.72 Å². The highest BCUT2D eigenvalue weighted by molar-refractivity contribution is 6.07. The zero-order valence-corrected chi connectivity index (χ0v) is 19.3. The number of nitrogens with zero attached hydrogens (tertiary/aromatic N) is 1. The Bertz CT molecular complexity index is 1200. The van der Waals surface area contributed by atoms with Crippen LogP contribution in [-0.2, 0) is 6.42 Å². The van der Waals surface area contributed by atoms with Gasteiger partial charge in [0.15, 0.2) is 0 Å². The first-order chi connectivity index (χ1) is 16.1. The predicted molar refractivity (Wildman–Crippen MR) is 135 cm³/mol. The van der Waals surface area contributed by atoms with Gasteiger partial charge in [0.1, 0.15) is 5.75 Å². The topological polar surface area (TPSA) is 51.2 Å². The monoisotopic (exact) mass is 438 g/mol. The quantitative estimate of drug-likeness (QED) is 0.306. The molecule has 168 valence electrons. The number of hydrogen-bond acceptors (Lipinski definition) is 3. The minimum absolute atomic E-state index is 0.00910. The number of carbonyl (C=O) groups is 1. The van der Waals surface area contributed by atoms with Crippen molar-refractivity contribution in [1.29, 1.82) is 0 Å². The van der Waals surface area contributed by atoms with Gasteiger partial charge in [0.25, 0.3) is 5.91 Å². The summed E-state index contributed by atoms with van der Waals surface area (Å²) >= 11 is 0. The summed E-state index contributed by atoms with van der Waals surface area (Å²) in [5.74, 6) is 0.762. The van der Waals surface area contributed by atoms with E-state index in [1.54, 1.807) is 0 Å². The van der Waals surface area contributed by atoms with Gasteiger partial charge >= 0.3 is 0 Å². The fourth-order valence-corrected chi connectivity index (χ4v) is 3.89. The van der Waals surface area contributed by atoms with Gasteiger partial charge in [0.05, 0.1) is 23.4 Å². The molecule has 3 aromatic carbocycles. The summed E-state index contributed by atoms with van der Waals surface area (Å²) in [5.41, 5.74) is 4.37. The van der Waals surface area contributed by atoms with Crippen LogP contribution in [0.4, 0.5) is 0 Å². The van der Waals surface area contributed by atoms with Crippen molar-refractivity contribution in [2.75, 3.05) is 6.61 Å². The Kier molecular flexibility index (Phi) is 7.36. The molecule has 0 aliphatic carbocycles. The molecule has 0 aliphatic heterocycles. The molecule has 0 fully saturated rings. The Morgan fingerprint density at radius 3 is 2.45 bits per heavy atom. The maximum absolute atomic E-state index is 13.3. The van der Waals surface area contributed by atoms with Gasteiger partial charge in [0, 0.05) is 17.0 Å². The summed E-state index contributed by atoms with van der Waals surface area (Å²) in [5, 5.41) is 4.02. The molecule has 0 bridgehead atoms. The predicted octanol–water partition coefficient (Wildman–Crippen LogP) is 6.44. The van der Waals surface area contributed by atoms with Crippen molar-refractivity contribution in [2.45, 2.75) is 39.2 Å². The minimum Gasteiger partial charge on any atom is -0.494 e. The molecule has 4 heteroatoms. The van der Waals surface area contributed by atoms with Crippen molar-refractivity contribution in [3.05, 3.63) is 96.1 Å². The molecule has 0 saturated heterocycles. The lowest BCUT2D eigenvalue weighted by molar-refractivity contribution is 0.0941. The Labute approximate surface area is 195 Å². The lowest BCUT2D eigenvalue weighted by Gasteiger charge is -2.16. The second-order valence-electron chi connectivity index (χ2n) is 8.36. The number of aromatic nitrogens is 1. The van der Waals surface area contributed by atoms with E-state index < -0.39 is 0 Å². The second-order valence-corrected chi connectivity index (χ2v) is 8.36. The van der Waals surface area contributed by atoms with Crippen molar-refractivity contribution in [3.8, 4) is 17.0 Å². The molecular formula is C29H30N2O2. The molecule has 1 N–H and O–H groups in total. The van der Waals surface area contributed by atoms with E-state index >= 15 is 0 Å². The Morgan fingerprint density at radius 1 is 0.970 bits per heavy atom. The van der Waals surface area contributed by atoms with Crippen LogP contribution in [0.5, 0.6) is 5.75 Å². The molecule has 1 aromatic heterocycles. The lowest BCUT2D eigenvalue weighted by Crippen LogP contribution is -2.34. The number of nitrogens with one attached hydrogen (secondary N) is 1. The molecule has 1 heterocycles. The van der Waals surface area contributed by atoms with Crippen molar-refractivity contribution in [3.63, 3.8) is 0 Å². The average molecular weight is 439 g/mol. The molecule has 33 heavy (non-hydrogen) atoms. The van der Waals surface area contributed by atoms with E-state index in [2.05, 4.69) is 24.4 Å². The summed E-state index contributed by atoms with van der Waals surface area (Å²) < 4.78 is 5.78. The normalized spacial score (nSPS) is 11.8. The maximum atomic E-state index is 13.3. The summed E-state index contributed by atoms with van der Waals surface area (Å²) in [6, 6.07) is 27.8. The third-order valence-corrected chi connectivity index (χ3v) is 5.64. The number of benzene rings is 3. The second kappa shape index (κ2) is 10.8. The van der Waals surface area contributed by atoms with Gasteiger partial charge in [-0.25, -0.2) is 4.98 Å². The molecule has 0 radical (unpaired) electrons. The molecule has 1 atom stereocenters. The van der Waals surface area contributed by atoms with Gasteiger partial charge < -0.3 is 10.1 Å². The van der Waals surface area contributed by atoms with Crippen LogP contribution < -0.4 is 10.1 Å². The van der Waals surface area contributed by atoms with E-state index in [1.807, 2.05) is 79.7 Å². The fourth-order valence-electron chi connectivity index (χ4n) is 3.89. The smallest absolute Gasteiger partial charge is 0.252 e. The van der Waals surface area contributed by atoms with E-state index in [0.29, 0.717) is 5.56 Å². The van der Waals surface area contributed by atoms with E-state index in [9.17, 15) is 4.79 Å². The first kappa shape index (κ1) is 22.5.